The Kier molecular flexibility index (Phi) is 5.57. The minimum atomic E-state index is -0.246. The fourth-order valence-electron chi connectivity index (χ4n) is 3.27. The Morgan fingerprint density at radius 1 is 1.00 bits per heavy atom. The van der Waals surface area contributed by atoms with Crippen molar-refractivity contribution in [3.8, 4) is 22.7 Å². The van der Waals surface area contributed by atoms with Gasteiger partial charge in [-0.1, -0.05) is 36.4 Å². The van der Waals surface area contributed by atoms with Crippen LogP contribution in [-0.2, 0) is 0 Å². The van der Waals surface area contributed by atoms with Crippen molar-refractivity contribution in [1.29, 1.82) is 0 Å². The molecule has 2 aromatic carbocycles. The van der Waals surface area contributed by atoms with Crippen molar-refractivity contribution < 1.29 is 9.53 Å². The number of hydrogen-bond acceptors (Lipinski definition) is 4. The van der Waals surface area contributed by atoms with E-state index < -0.39 is 0 Å². The average molecular weight is 398 g/mol. The predicted octanol–water partition coefficient (Wildman–Crippen LogP) is 4.43. The molecule has 0 bridgehead atoms. The first-order valence-corrected chi connectivity index (χ1v) is 9.67. The molecule has 0 aliphatic carbocycles. The molecule has 6 nitrogen and oxygen atoms in total. The molecule has 4 rings (SSSR count). The molecule has 1 N–H and O–H groups in total. The van der Waals surface area contributed by atoms with Crippen LogP contribution in [0.2, 0.25) is 0 Å². The zero-order valence-electron chi connectivity index (χ0n) is 16.8. The van der Waals surface area contributed by atoms with E-state index in [0.717, 1.165) is 16.9 Å². The lowest BCUT2D eigenvalue weighted by molar-refractivity contribution is 0.0939. The SMILES string of the molecule is COc1ccccc1-c1nn(-c2ccccc2)cc1C(=O)NC(C)c1ccccn1. The van der Waals surface area contributed by atoms with Gasteiger partial charge in [-0.25, -0.2) is 4.68 Å². The van der Waals surface area contributed by atoms with Crippen molar-refractivity contribution in [2.45, 2.75) is 13.0 Å². The van der Waals surface area contributed by atoms with Gasteiger partial charge in [0.1, 0.15) is 11.4 Å². The first kappa shape index (κ1) is 19.4. The number of ether oxygens (including phenoxy) is 1. The summed E-state index contributed by atoms with van der Waals surface area (Å²) in [7, 11) is 1.61. The number of pyridine rings is 1. The van der Waals surface area contributed by atoms with Gasteiger partial charge in [0, 0.05) is 18.0 Å². The van der Waals surface area contributed by atoms with Crippen LogP contribution in [0.25, 0.3) is 16.9 Å². The van der Waals surface area contributed by atoms with Crippen LogP contribution >= 0.6 is 0 Å². The highest BCUT2D eigenvalue weighted by Crippen LogP contribution is 2.32. The topological polar surface area (TPSA) is 69.0 Å². The minimum absolute atomic E-state index is 0.226. The number of para-hydroxylation sites is 2. The van der Waals surface area contributed by atoms with E-state index in [1.165, 1.54) is 0 Å². The number of aromatic nitrogens is 3. The minimum Gasteiger partial charge on any atom is -0.496 e. The van der Waals surface area contributed by atoms with E-state index in [2.05, 4.69) is 10.3 Å². The number of hydrogen-bond donors (Lipinski definition) is 1. The van der Waals surface area contributed by atoms with Crippen LogP contribution in [0.4, 0.5) is 0 Å². The van der Waals surface area contributed by atoms with Crippen molar-refractivity contribution >= 4 is 5.91 Å². The first-order valence-electron chi connectivity index (χ1n) is 9.67. The molecule has 0 aliphatic heterocycles. The van der Waals surface area contributed by atoms with Crippen LogP contribution in [0.5, 0.6) is 5.75 Å². The number of nitrogens with one attached hydrogen (secondary N) is 1. The zero-order chi connectivity index (χ0) is 20.9. The summed E-state index contributed by atoms with van der Waals surface area (Å²) in [6.45, 7) is 1.91. The van der Waals surface area contributed by atoms with Crippen molar-refractivity contribution in [1.82, 2.24) is 20.1 Å². The van der Waals surface area contributed by atoms with E-state index in [4.69, 9.17) is 9.84 Å². The summed E-state index contributed by atoms with van der Waals surface area (Å²) in [5.41, 5.74) is 3.43. The fourth-order valence-corrected chi connectivity index (χ4v) is 3.27. The molecule has 0 saturated carbocycles. The van der Waals surface area contributed by atoms with Gasteiger partial charge in [0.2, 0.25) is 0 Å². The molecule has 30 heavy (non-hydrogen) atoms. The Morgan fingerprint density at radius 3 is 2.47 bits per heavy atom. The summed E-state index contributed by atoms with van der Waals surface area (Å²) >= 11 is 0. The maximum absolute atomic E-state index is 13.2. The van der Waals surface area contributed by atoms with Gasteiger partial charge >= 0.3 is 0 Å². The molecule has 2 aromatic heterocycles. The number of nitrogens with zero attached hydrogens (tertiary/aromatic N) is 3. The second kappa shape index (κ2) is 8.61. The molecular weight excluding hydrogens is 376 g/mol. The van der Waals surface area contributed by atoms with Gasteiger partial charge in [-0.2, -0.15) is 5.10 Å². The molecule has 1 atom stereocenters. The van der Waals surface area contributed by atoms with Crippen molar-refractivity contribution in [3.63, 3.8) is 0 Å². The third kappa shape index (κ3) is 3.93. The molecule has 1 unspecified atom stereocenters. The highest BCUT2D eigenvalue weighted by Gasteiger charge is 2.22. The maximum Gasteiger partial charge on any atom is 0.255 e. The van der Waals surface area contributed by atoms with E-state index in [9.17, 15) is 4.79 Å². The number of carbonyl (C=O) groups excluding carboxylic acids is 1. The van der Waals surface area contributed by atoms with E-state index >= 15 is 0 Å². The number of benzene rings is 2. The fraction of sp³-hybridized carbons (Fsp3) is 0.125. The Hall–Kier alpha value is -3.93. The lowest BCUT2D eigenvalue weighted by Crippen LogP contribution is -2.27. The van der Waals surface area contributed by atoms with Crippen LogP contribution in [-0.4, -0.2) is 27.8 Å². The van der Waals surface area contributed by atoms with Crippen molar-refractivity contribution in [2.24, 2.45) is 0 Å². The second-order valence-corrected chi connectivity index (χ2v) is 6.82. The molecule has 150 valence electrons. The molecule has 2 heterocycles. The van der Waals surface area contributed by atoms with Crippen LogP contribution in [0, 0.1) is 0 Å². The van der Waals surface area contributed by atoms with E-state index in [1.807, 2.05) is 79.7 Å². The third-order valence-corrected chi connectivity index (χ3v) is 4.82. The molecule has 0 fully saturated rings. The second-order valence-electron chi connectivity index (χ2n) is 6.82. The van der Waals surface area contributed by atoms with Crippen LogP contribution in [0.15, 0.2) is 85.2 Å². The van der Waals surface area contributed by atoms with Gasteiger partial charge in [-0.3, -0.25) is 9.78 Å². The van der Waals surface area contributed by atoms with E-state index in [-0.39, 0.29) is 11.9 Å². The normalized spacial score (nSPS) is 11.7. The quantitative estimate of drug-likeness (QED) is 0.522. The molecule has 0 spiro atoms. The van der Waals surface area contributed by atoms with Gasteiger partial charge in [-0.05, 0) is 43.3 Å². The Morgan fingerprint density at radius 2 is 1.73 bits per heavy atom. The standard InChI is InChI=1S/C24H22N4O2/c1-17(21-13-8-9-15-25-21)26-24(29)20-16-28(18-10-4-3-5-11-18)27-23(20)19-12-6-7-14-22(19)30-2/h3-17H,1-2H3,(H,26,29). The summed E-state index contributed by atoms with van der Waals surface area (Å²) in [6, 6.07) is 22.6. The molecular formula is C24H22N4O2. The monoisotopic (exact) mass is 398 g/mol. The van der Waals surface area contributed by atoms with Crippen molar-refractivity contribution in [3.05, 3.63) is 96.4 Å². The molecule has 0 radical (unpaired) electrons. The maximum atomic E-state index is 13.2. The smallest absolute Gasteiger partial charge is 0.255 e. The van der Waals surface area contributed by atoms with Gasteiger partial charge in [-0.15, -0.1) is 0 Å². The number of amides is 1. The van der Waals surface area contributed by atoms with Crippen LogP contribution < -0.4 is 10.1 Å². The molecule has 4 aromatic rings. The number of methoxy groups -OCH3 is 1. The lowest BCUT2D eigenvalue weighted by atomic mass is 10.1. The van der Waals surface area contributed by atoms with Gasteiger partial charge in [0.05, 0.1) is 30.1 Å². The third-order valence-electron chi connectivity index (χ3n) is 4.82. The Bertz CT molecular complexity index is 1140. The summed E-state index contributed by atoms with van der Waals surface area (Å²) < 4.78 is 7.22. The van der Waals surface area contributed by atoms with Gasteiger partial charge < -0.3 is 10.1 Å². The summed E-state index contributed by atoms with van der Waals surface area (Å²) in [5.74, 6) is 0.430. The number of rotatable bonds is 6. The van der Waals surface area contributed by atoms with Crippen molar-refractivity contribution in [2.75, 3.05) is 7.11 Å². The molecule has 0 saturated heterocycles. The zero-order valence-corrected chi connectivity index (χ0v) is 16.8. The average Bonchev–Trinajstić information content (AvgIpc) is 3.25. The largest absolute Gasteiger partial charge is 0.496 e. The Labute approximate surface area is 175 Å². The summed E-state index contributed by atoms with van der Waals surface area (Å²) in [6.07, 6.45) is 3.46. The predicted molar refractivity (Wildman–Crippen MR) is 116 cm³/mol. The van der Waals surface area contributed by atoms with Gasteiger partial charge in [0.25, 0.3) is 5.91 Å². The molecule has 1 amide bonds. The Balaban J connectivity index is 1.75. The van der Waals surface area contributed by atoms with Crippen LogP contribution in [0.3, 0.4) is 0 Å². The molecule has 0 aliphatic rings. The first-order chi connectivity index (χ1) is 14.7. The van der Waals surface area contributed by atoms with E-state index in [1.54, 1.807) is 24.2 Å². The van der Waals surface area contributed by atoms with Gasteiger partial charge in [0.15, 0.2) is 0 Å². The lowest BCUT2D eigenvalue weighted by Gasteiger charge is -2.13. The highest BCUT2D eigenvalue weighted by atomic mass is 16.5. The number of carbonyl (C=O) groups is 1. The van der Waals surface area contributed by atoms with Crippen LogP contribution in [0.1, 0.15) is 29.0 Å². The molecule has 6 heteroatoms. The summed E-state index contributed by atoms with van der Waals surface area (Å²) in [5, 5.41) is 7.75. The summed E-state index contributed by atoms with van der Waals surface area (Å²) in [4.78, 5) is 17.6. The van der Waals surface area contributed by atoms with E-state index in [0.29, 0.717) is 17.0 Å². The highest BCUT2D eigenvalue weighted by molar-refractivity contribution is 6.00.